The molecule has 0 atom stereocenters. The molecule has 2 aliphatic rings. The maximum atomic E-state index is 11.3. The molecule has 0 aromatic carbocycles. The molecule has 0 bridgehead atoms. The Morgan fingerprint density at radius 2 is 1.57 bits per heavy atom. The van der Waals surface area contributed by atoms with Crippen LogP contribution in [0, 0.1) is 11.8 Å². The third-order valence-corrected chi connectivity index (χ3v) is 10.9. The van der Waals surface area contributed by atoms with E-state index in [-0.39, 0.29) is 0 Å². The molecule has 0 unspecified atom stereocenters. The zero-order valence-electron chi connectivity index (χ0n) is 16.0. The van der Waals surface area contributed by atoms with Crippen LogP contribution in [0.1, 0.15) is 59.3 Å². The number of likely N-dealkylation sites (tertiary alicyclic amines) is 1. The topological polar surface area (TPSA) is 29.5 Å². The van der Waals surface area contributed by atoms with Crippen LogP contribution in [0.2, 0.25) is 18.1 Å². The second-order valence-corrected chi connectivity index (χ2v) is 14.1. The number of carbonyl (C=O) groups excluding carboxylic acids is 1. The first-order valence-corrected chi connectivity index (χ1v) is 12.5. The normalized spacial score (nSPS) is 28.1. The number of ketones is 1. The van der Waals surface area contributed by atoms with E-state index in [0.29, 0.717) is 10.8 Å². The third-order valence-electron chi connectivity index (χ3n) is 6.38. The quantitative estimate of drug-likeness (QED) is 0.692. The molecule has 1 aliphatic carbocycles. The molecule has 0 aromatic heterocycles. The SMILES string of the molecule is CC(C)(C)[Si](C)(C)OCC1CCC(CN2CCC(=O)CC2)CC1. The molecule has 0 spiro atoms. The molecule has 0 N–H and O–H groups in total. The highest BCUT2D eigenvalue weighted by atomic mass is 28.4. The summed E-state index contributed by atoms with van der Waals surface area (Å²) >= 11 is 0. The number of hydrogen-bond acceptors (Lipinski definition) is 3. The Hall–Kier alpha value is -0.193. The molecule has 0 radical (unpaired) electrons. The molecule has 1 saturated heterocycles. The summed E-state index contributed by atoms with van der Waals surface area (Å²) < 4.78 is 6.42. The van der Waals surface area contributed by atoms with Crippen molar-refractivity contribution in [3.8, 4) is 0 Å². The van der Waals surface area contributed by atoms with Crippen molar-refractivity contribution in [2.45, 2.75) is 77.4 Å². The van der Waals surface area contributed by atoms with Crippen LogP contribution in [0.25, 0.3) is 0 Å². The number of piperidine rings is 1. The highest BCUT2D eigenvalue weighted by Gasteiger charge is 2.37. The molecule has 0 amide bonds. The number of hydrogen-bond donors (Lipinski definition) is 0. The van der Waals surface area contributed by atoms with Crippen molar-refractivity contribution in [1.82, 2.24) is 4.90 Å². The number of rotatable bonds is 5. The van der Waals surface area contributed by atoms with Crippen molar-refractivity contribution < 1.29 is 9.22 Å². The lowest BCUT2D eigenvalue weighted by molar-refractivity contribution is -0.121. The zero-order chi connectivity index (χ0) is 17.1. The largest absolute Gasteiger partial charge is 0.417 e. The van der Waals surface area contributed by atoms with E-state index in [1.54, 1.807) is 0 Å². The van der Waals surface area contributed by atoms with Gasteiger partial charge < -0.3 is 9.33 Å². The summed E-state index contributed by atoms with van der Waals surface area (Å²) in [5.41, 5.74) is 0. The summed E-state index contributed by atoms with van der Waals surface area (Å²) in [6.45, 7) is 15.8. The van der Waals surface area contributed by atoms with Gasteiger partial charge in [-0.05, 0) is 55.7 Å². The molecule has 23 heavy (non-hydrogen) atoms. The minimum absolute atomic E-state index is 0.315. The van der Waals surface area contributed by atoms with Crippen molar-refractivity contribution >= 4 is 14.1 Å². The van der Waals surface area contributed by atoms with Crippen LogP contribution < -0.4 is 0 Å². The molecule has 2 fully saturated rings. The lowest BCUT2D eigenvalue weighted by Crippen LogP contribution is -2.42. The Balaban J connectivity index is 1.67. The van der Waals surface area contributed by atoms with Gasteiger partial charge in [-0.3, -0.25) is 4.79 Å². The van der Waals surface area contributed by atoms with Crippen LogP contribution in [0.5, 0.6) is 0 Å². The Bertz CT molecular complexity index is 385. The molecule has 1 aliphatic heterocycles. The fourth-order valence-corrected chi connectivity index (χ4v) is 4.56. The van der Waals surface area contributed by atoms with Crippen LogP contribution in [-0.4, -0.2) is 45.2 Å². The van der Waals surface area contributed by atoms with E-state index >= 15 is 0 Å². The van der Waals surface area contributed by atoms with E-state index < -0.39 is 8.32 Å². The molecule has 3 nitrogen and oxygen atoms in total. The minimum atomic E-state index is -1.59. The first-order chi connectivity index (χ1) is 10.7. The molecule has 1 heterocycles. The maximum Gasteiger partial charge on any atom is 0.191 e. The highest BCUT2D eigenvalue weighted by Crippen LogP contribution is 2.38. The van der Waals surface area contributed by atoms with Gasteiger partial charge in [-0.15, -0.1) is 0 Å². The summed E-state index contributed by atoms with van der Waals surface area (Å²) in [7, 11) is -1.59. The number of nitrogens with zero attached hydrogens (tertiary/aromatic N) is 1. The third kappa shape index (κ3) is 5.68. The van der Waals surface area contributed by atoms with Gasteiger partial charge in [0.1, 0.15) is 5.78 Å². The Morgan fingerprint density at radius 3 is 2.09 bits per heavy atom. The Kier molecular flexibility index (Phi) is 6.48. The van der Waals surface area contributed by atoms with Gasteiger partial charge in [-0.1, -0.05) is 20.8 Å². The van der Waals surface area contributed by atoms with Crippen LogP contribution in [0.15, 0.2) is 0 Å². The molecule has 0 aromatic rings. The molecule has 1 saturated carbocycles. The number of Topliss-reactive ketones (excluding diaryl/α,β-unsaturated/α-hetero) is 1. The molecular weight excluding hydrogens is 302 g/mol. The van der Waals surface area contributed by atoms with Crippen LogP contribution >= 0.6 is 0 Å². The van der Waals surface area contributed by atoms with E-state index in [2.05, 4.69) is 38.8 Å². The second-order valence-electron chi connectivity index (χ2n) is 9.30. The van der Waals surface area contributed by atoms with E-state index in [4.69, 9.17) is 4.43 Å². The van der Waals surface area contributed by atoms with Crippen molar-refractivity contribution in [2.75, 3.05) is 26.2 Å². The smallest absolute Gasteiger partial charge is 0.191 e. The van der Waals surface area contributed by atoms with Gasteiger partial charge in [0.05, 0.1) is 0 Å². The van der Waals surface area contributed by atoms with Crippen molar-refractivity contribution in [2.24, 2.45) is 11.8 Å². The molecule has 2 rings (SSSR count). The summed E-state index contributed by atoms with van der Waals surface area (Å²) in [6.07, 6.45) is 6.88. The van der Waals surface area contributed by atoms with E-state index in [9.17, 15) is 4.79 Å². The van der Waals surface area contributed by atoms with E-state index in [0.717, 1.165) is 44.4 Å². The fraction of sp³-hybridized carbons (Fsp3) is 0.947. The van der Waals surface area contributed by atoms with Gasteiger partial charge >= 0.3 is 0 Å². The minimum Gasteiger partial charge on any atom is -0.417 e. The van der Waals surface area contributed by atoms with Gasteiger partial charge in [-0.25, -0.2) is 0 Å². The highest BCUT2D eigenvalue weighted by molar-refractivity contribution is 6.74. The molecule has 4 heteroatoms. The summed E-state index contributed by atoms with van der Waals surface area (Å²) in [4.78, 5) is 13.8. The lowest BCUT2D eigenvalue weighted by atomic mass is 9.82. The Labute approximate surface area is 144 Å². The van der Waals surface area contributed by atoms with Gasteiger partial charge in [0, 0.05) is 39.1 Å². The van der Waals surface area contributed by atoms with Gasteiger partial charge in [0.25, 0.3) is 0 Å². The maximum absolute atomic E-state index is 11.3. The Morgan fingerprint density at radius 1 is 1.04 bits per heavy atom. The standard InChI is InChI=1S/C19H37NO2Si/c1-19(2,3)23(4,5)22-15-17-8-6-16(7-9-17)14-20-12-10-18(21)11-13-20/h16-17H,6-15H2,1-5H3. The first kappa shape index (κ1) is 19.1. The van der Waals surface area contributed by atoms with Crippen LogP contribution in [0.4, 0.5) is 0 Å². The van der Waals surface area contributed by atoms with E-state index in [1.165, 1.54) is 32.2 Å². The predicted molar refractivity (Wildman–Crippen MR) is 99.3 cm³/mol. The van der Waals surface area contributed by atoms with Gasteiger partial charge in [0.15, 0.2) is 8.32 Å². The van der Waals surface area contributed by atoms with Crippen molar-refractivity contribution in [3.05, 3.63) is 0 Å². The van der Waals surface area contributed by atoms with Gasteiger partial charge in [0.2, 0.25) is 0 Å². The van der Waals surface area contributed by atoms with Crippen molar-refractivity contribution in [3.63, 3.8) is 0 Å². The van der Waals surface area contributed by atoms with Gasteiger partial charge in [-0.2, -0.15) is 0 Å². The summed E-state index contributed by atoms with van der Waals surface area (Å²) in [5.74, 6) is 2.06. The van der Waals surface area contributed by atoms with E-state index in [1.807, 2.05) is 0 Å². The fourth-order valence-electron chi connectivity index (χ4n) is 3.47. The molecular formula is C19H37NO2Si. The van der Waals surface area contributed by atoms with Crippen molar-refractivity contribution in [1.29, 1.82) is 0 Å². The number of carbonyl (C=O) groups is 1. The van der Waals surface area contributed by atoms with Crippen LogP contribution in [-0.2, 0) is 9.22 Å². The average molecular weight is 340 g/mol. The van der Waals surface area contributed by atoms with Crippen LogP contribution in [0.3, 0.4) is 0 Å². The lowest BCUT2D eigenvalue weighted by Gasteiger charge is -2.39. The monoisotopic (exact) mass is 339 g/mol. The molecule has 134 valence electrons. The average Bonchev–Trinajstić information content (AvgIpc) is 2.48. The summed E-state index contributed by atoms with van der Waals surface area (Å²) in [5, 5.41) is 0.315. The predicted octanol–water partition coefficient (Wildman–Crippen LogP) is 4.48. The first-order valence-electron chi connectivity index (χ1n) is 9.55. The summed E-state index contributed by atoms with van der Waals surface area (Å²) in [6, 6.07) is 0. The zero-order valence-corrected chi connectivity index (χ0v) is 17.0. The second kappa shape index (κ2) is 7.79.